The molecule has 0 radical (unpaired) electrons. The third-order valence-corrected chi connectivity index (χ3v) is 9.18. The van der Waals surface area contributed by atoms with Gasteiger partial charge in [-0.25, -0.2) is 0 Å². The van der Waals surface area contributed by atoms with Crippen LogP contribution in [0, 0.1) is 0 Å². The van der Waals surface area contributed by atoms with Crippen molar-refractivity contribution >= 4 is 6.29 Å². The van der Waals surface area contributed by atoms with E-state index in [0.717, 1.165) is 24.7 Å². The van der Waals surface area contributed by atoms with E-state index in [-0.39, 0.29) is 0 Å². The lowest BCUT2D eigenvalue weighted by Crippen LogP contribution is -1.88. The fourth-order valence-electron chi connectivity index (χ4n) is 6.24. The molecule has 1 heteroatoms. The quantitative estimate of drug-likeness (QED) is 0.0413. The van der Waals surface area contributed by atoms with Gasteiger partial charge in [-0.1, -0.05) is 219 Å². The van der Waals surface area contributed by atoms with Gasteiger partial charge in [0.05, 0.1) is 0 Å². The van der Waals surface area contributed by atoms with E-state index in [1.54, 1.807) is 0 Å². The number of allylic oxidation sites excluding steroid dienone is 2. The van der Waals surface area contributed by atoms with Gasteiger partial charge < -0.3 is 0 Å². The molecular weight excluding hydrogens is 496 g/mol. The molecule has 0 atom stereocenters. The molecule has 0 bridgehead atoms. The van der Waals surface area contributed by atoms with Crippen LogP contribution in [-0.2, 0) is 4.79 Å². The molecule has 0 rings (SSSR count). The SMILES string of the molecule is CCCCCCCCCCCCCCCCCCCC=C(C=O)CCCCCCCCCCCCCCCCCC. The third kappa shape index (κ3) is 35.5. The summed E-state index contributed by atoms with van der Waals surface area (Å²) >= 11 is 0. The van der Waals surface area contributed by atoms with Gasteiger partial charge in [-0.3, -0.25) is 4.79 Å². The molecule has 0 fully saturated rings. The van der Waals surface area contributed by atoms with Gasteiger partial charge in [0, 0.05) is 0 Å². The number of carbonyl (C=O) groups excluding carboxylic acids is 1. The van der Waals surface area contributed by atoms with Gasteiger partial charge in [0.25, 0.3) is 0 Å². The average Bonchev–Trinajstić information content (AvgIpc) is 2.99. The highest BCUT2D eigenvalue weighted by molar-refractivity contribution is 5.72. The van der Waals surface area contributed by atoms with E-state index in [9.17, 15) is 4.79 Å². The highest BCUT2D eigenvalue weighted by Crippen LogP contribution is 2.17. The first-order chi connectivity index (χ1) is 20.3. The summed E-state index contributed by atoms with van der Waals surface area (Å²) in [4.78, 5) is 11.4. The largest absolute Gasteiger partial charge is 0.298 e. The van der Waals surface area contributed by atoms with Crippen LogP contribution in [-0.4, -0.2) is 6.29 Å². The molecule has 0 aliphatic carbocycles. The van der Waals surface area contributed by atoms with Crippen LogP contribution in [0.25, 0.3) is 0 Å². The molecule has 0 aliphatic heterocycles. The van der Waals surface area contributed by atoms with Crippen LogP contribution in [0.5, 0.6) is 0 Å². The molecule has 0 aromatic rings. The topological polar surface area (TPSA) is 17.1 Å². The predicted molar refractivity (Wildman–Crippen MR) is 187 cm³/mol. The van der Waals surface area contributed by atoms with Gasteiger partial charge >= 0.3 is 0 Å². The van der Waals surface area contributed by atoms with Crippen molar-refractivity contribution in [2.75, 3.05) is 0 Å². The monoisotopic (exact) mass is 575 g/mol. The number of hydrogen-bond donors (Lipinski definition) is 0. The lowest BCUT2D eigenvalue weighted by molar-refractivity contribution is -0.105. The maximum absolute atomic E-state index is 11.4. The Morgan fingerprint density at radius 3 is 0.854 bits per heavy atom. The van der Waals surface area contributed by atoms with Gasteiger partial charge in [-0.2, -0.15) is 0 Å². The van der Waals surface area contributed by atoms with Crippen molar-refractivity contribution in [3.63, 3.8) is 0 Å². The van der Waals surface area contributed by atoms with Crippen molar-refractivity contribution in [3.8, 4) is 0 Å². The van der Waals surface area contributed by atoms with Crippen molar-refractivity contribution in [2.45, 2.75) is 239 Å². The summed E-state index contributed by atoms with van der Waals surface area (Å²) in [6.07, 6.45) is 52.1. The smallest absolute Gasteiger partial charge is 0.145 e. The van der Waals surface area contributed by atoms with E-state index in [2.05, 4.69) is 19.9 Å². The van der Waals surface area contributed by atoms with Gasteiger partial charge in [-0.15, -0.1) is 0 Å². The summed E-state index contributed by atoms with van der Waals surface area (Å²) in [6, 6.07) is 0. The van der Waals surface area contributed by atoms with Gasteiger partial charge in [0.2, 0.25) is 0 Å². The van der Waals surface area contributed by atoms with Crippen LogP contribution in [0.4, 0.5) is 0 Å². The molecule has 0 N–H and O–H groups in total. The van der Waals surface area contributed by atoms with Crippen LogP contribution < -0.4 is 0 Å². The molecule has 0 saturated heterocycles. The van der Waals surface area contributed by atoms with Crippen LogP contribution in [0.1, 0.15) is 239 Å². The van der Waals surface area contributed by atoms with Crippen molar-refractivity contribution < 1.29 is 4.79 Å². The second kappa shape index (κ2) is 37.4. The molecule has 0 aromatic heterocycles. The molecule has 0 unspecified atom stereocenters. The molecule has 0 saturated carbocycles. The third-order valence-electron chi connectivity index (χ3n) is 9.18. The first-order valence-corrected chi connectivity index (χ1v) is 19.5. The number of carbonyl (C=O) groups is 1. The maximum atomic E-state index is 11.4. The van der Waals surface area contributed by atoms with Crippen molar-refractivity contribution in [1.29, 1.82) is 0 Å². The Morgan fingerprint density at radius 2 is 0.585 bits per heavy atom. The zero-order valence-corrected chi connectivity index (χ0v) is 28.8. The Kier molecular flexibility index (Phi) is 36.9. The fraction of sp³-hybridized carbons (Fsp3) is 0.925. The molecule has 0 amide bonds. The van der Waals surface area contributed by atoms with Crippen LogP contribution in [0.2, 0.25) is 0 Å². The minimum atomic E-state index is 1.00. The maximum Gasteiger partial charge on any atom is 0.145 e. The number of unbranched alkanes of at least 4 members (excludes halogenated alkanes) is 32. The van der Waals surface area contributed by atoms with E-state index in [1.807, 2.05) is 0 Å². The second-order valence-electron chi connectivity index (χ2n) is 13.4. The summed E-state index contributed by atoms with van der Waals surface area (Å²) in [6.45, 7) is 4.59. The Hall–Kier alpha value is -0.590. The standard InChI is InChI=1S/C40H78O/c1-3-5-7-9-11-13-15-17-19-21-22-24-26-28-30-32-34-36-38-40(39-41)37-35-33-31-29-27-25-23-20-18-16-14-12-10-8-6-4-2/h38-39H,3-37H2,1-2H3. The Labute approximate surface area is 260 Å². The fourth-order valence-corrected chi connectivity index (χ4v) is 6.24. The summed E-state index contributed by atoms with van der Waals surface area (Å²) in [5.74, 6) is 0. The van der Waals surface area contributed by atoms with E-state index < -0.39 is 0 Å². The minimum Gasteiger partial charge on any atom is -0.298 e. The second-order valence-corrected chi connectivity index (χ2v) is 13.4. The molecule has 0 spiro atoms. The average molecular weight is 575 g/mol. The normalized spacial score (nSPS) is 11.9. The lowest BCUT2D eigenvalue weighted by atomic mass is 10.0. The summed E-state index contributed by atoms with van der Waals surface area (Å²) in [5, 5.41) is 0. The van der Waals surface area contributed by atoms with Gasteiger partial charge in [0.1, 0.15) is 6.29 Å². The number of rotatable bonds is 36. The number of aldehydes is 1. The molecule has 0 aliphatic rings. The van der Waals surface area contributed by atoms with Crippen molar-refractivity contribution in [2.24, 2.45) is 0 Å². The van der Waals surface area contributed by atoms with E-state index in [4.69, 9.17) is 0 Å². The highest BCUT2D eigenvalue weighted by Gasteiger charge is 1.99. The molecule has 41 heavy (non-hydrogen) atoms. The Balaban J connectivity index is 3.32. The molecule has 0 aromatic carbocycles. The molecule has 244 valence electrons. The number of hydrogen-bond acceptors (Lipinski definition) is 1. The van der Waals surface area contributed by atoms with E-state index >= 15 is 0 Å². The van der Waals surface area contributed by atoms with Gasteiger partial charge in [0.15, 0.2) is 0 Å². The summed E-state index contributed by atoms with van der Waals surface area (Å²) < 4.78 is 0. The van der Waals surface area contributed by atoms with Crippen LogP contribution >= 0.6 is 0 Å². The minimum absolute atomic E-state index is 1.00. The molecule has 1 nitrogen and oxygen atoms in total. The van der Waals surface area contributed by atoms with Gasteiger partial charge in [-0.05, 0) is 31.3 Å². The van der Waals surface area contributed by atoms with Crippen LogP contribution in [0.15, 0.2) is 11.6 Å². The Bertz CT molecular complexity index is 507. The van der Waals surface area contributed by atoms with Crippen LogP contribution in [0.3, 0.4) is 0 Å². The highest BCUT2D eigenvalue weighted by atomic mass is 16.1. The zero-order chi connectivity index (χ0) is 29.7. The summed E-state index contributed by atoms with van der Waals surface area (Å²) in [7, 11) is 0. The first-order valence-electron chi connectivity index (χ1n) is 19.5. The first kappa shape index (κ1) is 40.4. The molecule has 0 heterocycles. The van der Waals surface area contributed by atoms with Crippen molar-refractivity contribution in [1.82, 2.24) is 0 Å². The van der Waals surface area contributed by atoms with Crippen molar-refractivity contribution in [3.05, 3.63) is 11.6 Å². The predicted octanol–water partition coefficient (Wildman–Crippen LogP) is 14.8. The van der Waals surface area contributed by atoms with E-state index in [0.29, 0.717) is 0 Å². The molecular formula is C40H78O. The zero-order valence-electron chi connectivity index (χ0n) is 28.8. The lowest BCUT2D eigenvalue weighted by Gasteiger charge is -2.04. The Morgan fingerprint density at radius 1 is 0.341 bits per heavy atom. The summed E-state index contributed by atoms with van der Waals surface area (Å²) in [5.41, 5.74) is 1.06. The van der Waals surface area contributed by atoms with E-state index in [1.165, 1.54) is 212 Å².